The number of nitrogens with zero attached hydrogens (tertiary/aromatic N) is 3. The van der Waals surface area contributed by atoms with Gasteiger partial charge >= 0.3 is 0 Å². The highest BCUT2D eigenvalue weighted by atomic mass is 79.9. The number of halogens is 1. The molecule has 27 heavy (non-hydrogen) atoms. The first-order valence-electron chi connectivity index (χ1n) is 8.97. The average Bonchev–Trinajstić information content (AvgIpc) is 3.11. The van der Waals surface area contributed by atoms with Crippen molar-refractivity contribution in [3.63, 3.8) is 0 Å². The van der Waals surface area contributed by atoms with E-state index in [1.54, 1.807) is 23.1 Å². The molecule has 1 saturated heterocycles. The van der Waals surface area contributed by atoms with Crippen LogP contribution in [0, 0.1) is 0 Å². The monoisotopic (exact) mass is 461 g/mol. The third-order valence-corrected chi connectivity index (χ3v) is 7.02. The SMILES string of the molecule is CCSc1cccc(C(=O)N2CCN(c3nc4ccc(Br)cc4s3)CC2)c1. The van der Waals surface area contributed by atoms with Crippen LogP contribution in [0.15, 0.2) is 51.8 Å². The number of carbonyl (C=O) groups is 1. The van der Waals surface area contributed by atoms with Crippen LogP contribution < -0.4 is 4.90 Å². The van der Waals surface area contributed by atoms with Gasteiger partial charge in [0, 0.05) is 41.1 Å². The van der Waals surface area contributed by atoms with Crippen LogP contribution in [0.2, 0.25) is 0 Å². The molecule has 4 nitrogen and oxygen atoms in total. The van der Waals surface area contributed by atoms with E-state index in [9.17, 15) is 4.79 Å². The van der Waals surface area contributed by atoms with E-state index in [0.29, 0.717) is 0 Å². The molecule has 1 amide bonds. The van der Waals surface area contributed by atoms with Crippen molar-refractivity contribution in [3.8, 4) is 0 Å². The van der Waals surface area contributed by atoms with E-state index in [-0.39, 0.29) is 5.91 Å². The van der Waals surface area contributed by atoms with Crippen molar-refractivity contribution in [1.82, 2.24) is 9.88 Å². The largest absolute Gasteiger partial charge is 0.345 e. The smallest absolute Gasteiger partial charge is 0.254 e. The summed E-state index contributed by atoms with van der Waals surface area (Å²) in [6.45, 7) is 5.21. The van der Waals surface area contributed by atoms with Crippen molar-refractivity contribution in [3.05, 3.63) is 52.5 Å². The number of thiazole rings is 1. The number of amides is 1. The molecule has 1 aromatic heterocycles. The molecule has 0 aliphatic carbocycles. The van der Waals surface area contributed by atoms with Gasteiger partial charge < -0.3 is 9.80 Å². The molecule has 0 saturated carbocycles. The van der Waals surface area contributed by atoms with E-state index in [0.717, 1.165) is 57.5 Å². The van der Waals surface area contributed by atoms with Crippen LogP contribution in [0.5, 0.6) is 0 Å². The first kappa shape index (κ1) is 18.8. The number of hydrogen-bond acceptors (Lipinski definition) is 5. The normalized spacial score (nSPS) is 14.7. The van der Waals surface area contributed by atoms with E-state index in [2.05, 4.69) is 39.9 Å². The summed E-state index contributed by atoms with van der Waals surface area (Å²) in [4.78, 5) is 23.0. The fourth-order valence-electron chi connectivity index (χ4n) is 3.19. The molecule has 2 heterocycles. The Labute approximate surface area is 175 Å². The Kier molecular flexibility index (Phi) is 5.71. The van der Waals surface area contributed by atoms with Crippen LogP contribution in [0.3, 0.4) is 0 Å². The number of benzene rings is 2. The zero-order valence-corrected chi connectivity index (χ0v) is 18.2. The number of piperazine rings is 1. The summed E-state index contributed by atoms with van der Waals surface area (Å²) in [6, 6.07) is 14.1. The number of thioether (sulfide) groups is 1. The third kappa shape index (κ3) is 4.15. The first-order valence-corrected chi connectivity index (χ1v) is 11.6. The van der Waals surface area contributed by atoms with Crippen molar-refractivity contribution in [1.29, 1.82) is 0 Å². The van der Waals surface area contributed by atoms with E-state index in [1.165, 1.54) is 4.70 Å². The van der Waals surface area contributed by atoms with E-state index < -0.39 is 0 Å². The Morgan fingerprint density at radius 2 is 2.00 bits per heavy atom. The maximum Gasteiger partial charge on any atom is 0.254 e. The summed E-state index contributed by atoms with van der Waals surface area (Å²) in [7, 11) is 0. The van der Waals surface area contributed by atoms with Crippen molar-refractivity contribution in [2.24, 2.45) is 0 Å². The third-order valence-electron chi connectivity index (χ3n) is 4.57. The number of carbonyl (C=O) groups excluding carboxylic acids is 1. The Balaban J connectivity index is 1.43. The average molecular weight is 462 g/mol. The van der Waals surface area contributed by atoms with E-state index >= 15 is 0 Å². The van der Waals surface area contributed by atoms with Gasteiger partial charge in [0.2, 0.25) is 0 Å². The molecular formula is C20H20BrN3OS2. The number of anilines is 1. The molecular weight excluding hydrogens is 442 g/mol. The second-order valence-corrected chi connectivity index (χ2v) is 9.61. The minimum Gasteiger partial charge on any atom is -0.345 e. The Bertz CT molecular complexity index is 967. The number of rotatable bonds is 4. The van der Waals surface area contributed by atoms with Gasteiger partial charge in [-0.15, -0.1) is 11.8 Å². The fourth-order valence-corrected chi connectivity index (χ4v) is 5.48. The molecule has 0 bridgehead atoms. The summed E-state index contributed by atoms with van der Waals surface area (Å²) >= 11 is 6.99. The maximum absolute atomic E-state index is 12.9. The van der Waals surface area contributed by atoms with Crippen LogP contribution in [0.4, 0.5) is 5.13 Å². The molecule has 3 aromatic rings. The topological polar surface area (TPSA) is 36.4 Å². The van der Waals surface area contributed by atoms with Crippen molar-refractivity contribution < 1.29 is 4.79 Å². The zero-order chi connectivity index (χ0) is 18.8. The lowest BCUT2D eigenvalue weighted by Crippen LogP contribution is -2.48. The van der Waals surface area contributed by atoms with E-state index in [1.807, 2.05) is 35.2 Å². The predicted octanol–water partition coefficient (Wildman–Crippen LogP) is 5.13. The number of fused-ring (bicyclic) bond motifs is 1. The molecule has 0 radical (unpaired) electrons. The molecule has 0 unspecified atom stereocenters. The summed E-state index contributed by atoms with van der Waals surface area (Å²) in [6.07, 6.45) is 0. The quantitative estimate of drug-likeness (QED) is 0.504. The molecule has 1 aliphatic heterocycles. The maximum atomic E-state index is 12.9. The molecule has 7 heteroatoms. The molecule has 4 rings (SSSR count). The summed E-state index contributed by atoms with van der Waals surface area (Å²) in [5.41, 5.74) is 1.81. The lowest BCUT2D eigenvalue weighted by Gasteiger charge is -2.34. The van der Waals surface area contributed by atoms with Crippen LogP contribution >= 0.6 is 39.0 Å². The molecule has 0 spiro atoms. The minimum absolute atomic E-state index is 0.126. The second kappa shape index (κ2) is 8.20. The standard InChI is InChI=1S/C20H20BrN3OS2/c1-2-26-16-5-3-4-14(12-16)19(25)23-8-10-24(11-9-23)20-22-17-7-6-15(21)13-18(17)27-20/h3-7,12-13H,2,8-11H2,1H3. The van der Waals surface area contributed by atoms with Gasteiger partial charge in [-0.05, 0) is 42.2 Å². The number of hydrogen-bond donors (Lipinski definition) is 0. The molecule has 0 atom stereocenters. The van der Waals surface area contributed by atoms with Gasteiger partial charge in [-0.25, -0.2) is 4.98 Å². The van der Waals surface area contributed by atoms with Crippen LogP contribution in [-0.4, -0.2) is 47.7 Å². The summed E-state index contributed by atoms with van der Waals surface area (Å²) < 4.78 is 2.26. The summed E-state index contributed by atoms with van der Waals surface area (Å²) in [5.74, 6) is 1.14. The van der Waals surface area contributed by atoms with Crippen molar-refractivity contribution in [2.45, 2.75) is 11.8 Å². The molecule has 0 N–H and O–H groups in total. The van der Waals surface area contributed by atoms with Gasteiger partial charge in [-0.3, -0.25) is 4.79 Å². The van der Waals surface area contributed by atoms with Gasteiger partial charge in [-0.1, -0.05) is 40.3 Å². The van der Waals surface area contributed by atoms with Crippen LogP contribution in [0.1, 0.15) is 17.3 Å². The second-order valence-electron chi connectivity index (χ2n) is 6.35. The summed E-state index contributed by atoms with van der Waals surface area (Å²) in [5, 5.41) is 1.04. The van der Waals surface area contributed by atoms with Crippen molar-refractivity contribution in [2.75, 3.05) is 36.8 Å². The zero-order valence-electron chi connectivity index (χ0n) is 15.0. The lowest BCUT2D eigenvalue weighted by molar-refractivity contribution is 0.0746. The molecule has 140 valence electrons. The highest BCUT2D eigenvalue weighted by Gasteiger charge is 2.24. The number of aromatic nitrogens is 1. The molecule has 1 fully saturated rings. The Morgan fingerprint density at radius 1 is 1.19 bits per heavy atom. The molecule has 1 aliphatic rings. The minimum atomic E-state index is 0.126. The molecule has 2 aromatic carbocycles. The fraction of sp³-hybridized carbons (Fsp3) is 0.300. The Morgan fingerprint density at radius 3 is 2.78 bits per heavy atom. The Hall–Kier alpha value is -1.57. The predicted molar refractivity (Wildman–Crippen MR) is 118 cm³/mol. The van der Waals surface area contributed by atoms with Gasteiger partial charge in [-0.2, -0.15) is 0 Å². The highest BCUT2D eigenvalue weighted by molar-refractivity contribution is 9.10. The van der Waals surface area contributed by atoms with Gasteiger partial charge in [0.05, 0.1) is 10.2 Å². The lowest BCUT2D eigenvalue weighted by atomic mass is 10.2. The highest BCUT2D eigenvalue weighted by Crippen LogP contribution is 2.31. The van der Waals surface area contributed by atoms with Crippen LogP contribution in [-0.2, 0) is 0 Å². The van der Waals surface area contributed by atoms with E-state index in [4.69, 9.17) is 4.98 Å². The van der Waals surface area contributed by atoms with Gasteiger partial charge in [0.15, 0.2) is 5.13 Å². The van der Waals surface area contributed by atoms with Crippen molar-refractivity contribution >= 4 is 60.3 Å². The first-order chi connectivity index (χ1) is 13.1. The van der Waals surface area contributed by atoms with Gasteiger partial charge in [0.25, 0.3) is 5.91 Å². The van der Waals surface area contributed by atoms with Gasteiger partial charge in [0.1, 0.15) is 0 Å². The van der Waals surface area contributed by atoms with Crippen LogP contribution in [0.25, 0.3) is 10.2 Å².